The number of rotatable bonds is 3. The van der Waals surface area contributed by atoms with Gasteiger partial charge in [0.1, 0.15) is 11.6 Å². The summed E-state index contributed by atoms with van der Waals surface area (Å²) in [6.45, 7) is 1.18. The Hall–Kier alpha value is -2.72. The molecular weight excluding hydrogens is 325 g/mol. The first kappa shape index (κ1) is 14.8. The number of aromatic nitrogens is 7. The predicted molar refractivity (Wildman–Crippen MR) is 76.1 cm³/mol. The highest BCUT2D eigenvalue weighted by Gasteiger charge is 2.37. The van der Waals surface area contributed by atoms with Gasteiger partial charge in [0.25, 0.3) is 5.82 Å². The summed E-state index contributed by atoms with van der Waals surface area (Å²) in [5.41, 5.74) is 0.0349. The van der Waals surface area contributed by atoms with Crippen molar-refractivity contribution < 1.29 is 13.2 Å². The van der Waals surface area contributed by atoms with Gasteiger partial charge in [-0.25, -0.2) is 0 Å². The Morgan fingerprint density at radius 2 is 1.96 bits per heavy atom. The highest BCUT2D eigenvalue weighted by molar-refractivity contribution is 5.44. The number of aryl methyl sites for hydroxylation is 1. The summed E-state index contributed by atoms with van der Waals surface area (Å²) >= 11 is 0. The van der Waals surface area contributed by atoms with Crippen LogP contribution < -0.4 is 5.32 Å². The Morgan fingerprint density at radius 3 is 2.79 bits per heavy atom. The maximum atomic E-state index is 12.9. The van der Waals surface area contributed by atoms with E-state index in [4.69, 9.17) is 0 Å². The van der Waals surface area contributed by atoms with Crippen molar-refractivity contribution in [3.05, 3.63) is 29.6 Å². The second-order valence-corrected chi connectivity index (χ2v) is 5.50. The topological polar surface area (TPSA) is 85.8 Å². The molecule has 3 aromatic heterocycles. The first-order valence-corrected chi connectivity index (χ1v) is 7.47. The molecule has 0 atom stereocenters. The number of alkyl halides is 3. The highest BCUT2D eigenvalue weighted by Crippen LogP contribution is 2.27. The van der Waals surface area contributed by atoms with Crippen LogP contribution in [-0.2, 0) is 25.7 Å². The fraction of sp³-hybridized carbons (Fsp3) is 0.462. The quantitative estimate of drug-likeness (QED) is 0.782. The van der Waals surface area contributed by atoms with Gasteiger partial charge in [-0.1, -0.05) is 0 Å². The smallest absolute Gasteiger partial charge is 0.361 e. The average Bonchev–Trinajstić information content (AvgIpc) is 3.16. The molecule has 1 aliphatic heterocycles. The molecule has 3 aromatic rings. The van der Waals surface area contributed by atoms with Crippen LogP contribution in [0.25, 0.3) is 5.65 Å². The van der Waals surface area contributed by atoms with E-state index in [-0.39, 0.29) is 11.5 Å². The van der Waals surface area contributed by atoms with Gasteiger partial charge in [0.15, 0.2) is 11.5 Å². The standard InChI is InChI=1S/C13H13F3N8/c14-13(15,16)12-21-19-10-5-4-8(22-24(10)12)17-7-11-20-18-9-3-1-2-6-23(9)11/h4-5H,1-3,6-7H2,(H,17,22). The van der Waals surface area contributed by atoms with Gasteiger partial charge in [-0.15, -0.1) is 25.5 Å². The lowest BCUT2D eigenvalue weighted by molar-refractivity contribution is -0.146. The molecule has 1 N–H and O–H groups in total. The Balaban J connectivity index is 1.58. The fourth-order valence-electron chi connectivity index (χ4n) is 2.73. The van der Waals surface area contributed by atoms with Crippen molar-refractivity contribution in [1.29, 1.82) is 0 Å². The van der Waals surface area contributed by atoms with Crippen molar-refractivity contribution >= 4 is 11.5 Å². The van der Waals surface area contributed by atoms with Crippen LogP contribution in [0.2, 0.25) is 0 Å². The van der Waals surface area contributed by atoms with Crippen LogP contribution >= 0.6 is 0 Å². The van der Waals surface area contributed by atoms with Crippen LogP contribution in [0.3, 0.4) is 0 Å². The van der Waals surface area contributed by atoms with Gasteiger partial charge < -0.3 is 9.88 Å². The summed E-state index contributed by atoms with van der Waals surface area (Å²) in [7, 11) is 0. The maximum Gasteiger partial charge on any atom is 0.453 e. The van der Waals surface area contributed by atoms with Gasteiger partial charge in [-0.2, -0.15) is 17.7 Å². The van der Waals surface area contributed by atoms with E-state index in [1.54, 1.807) is 6.07 Å². The van der Waals surface area contributed by atoms with E-state index < -0.39 is 12.0 Å². The van der Waals surface area contributed by atoms with Crippen molar-refractivity contribution in [1.82, 2.24) is 34.6 Å². The number of nitrogens with one attached hydrogen (secondary N) is 1. The Morgan fingerprint density at radius 1 is 1.08 bits per heavy atom. The zero-order valence-electron chi connectivity index (χ0n) is 12.5. The molecule has 0 fully saturated rings. The molecule has 4 rings (SSSR count). The Bertz CT molecular complexity index is 881. The third kappa shape index (κ3) is 2.55. The Labute approximate surface area is 133 Å². The van der Waals surface area contributed by atoms with E-state index in [1.807, 2.05) is 4.57 Å². The molecule has 11 heteroatoms. The lowest BCUT2D eigenvalue weighted by Gasteiger charge is -2.15. The molecule has 1 aliphatic rings. The van der Waals surface area contributed by atoms with Gasteiger partial charge in [0, 0.05) is 13.0 Å². The minimum atomic E-state index is -4.61. The minimum Gasteiger partial charge on any atom is -0.361 e. The summed E-state index contributed by atoms with van der Waals surface area (Å²) in [5.74, 6) is 0.813. The van der Waals surface area contributed by atoms with Crippen LogP contribution in [0.15, 0.2) is 12.1 Å². The zero-order chi connectivity index (χ0) is 16.7. The largest absolute Gasteiger partial charge is 0.453 e. The molecule has 0 spiro atoms. The molecule has 0 saturated heterocycles. The zero-order valence-corrected chi connectivity index (χ0v) is 12.5. The van der Waals surface area contributed by atoms with E-state index in [0.717, 1.165) is 37.5 Å². The number of nitrogens with zero attached hydrogens (tertiary/aromatic N) is 7. The van der Waals surface area contributed by atoms with Crippen molar-refractivity contribution in [2.24, 2.45) is 0 Å². The van der Waals surface area contributed by atoms with Gasteiger partial charge in [0.05, 0.1) is 6.54 Å². The molecule has 126 valence electrons. The van der Waals surface area contributed by atoms with Crippen molar-refractivity contribution in [2.75, 3.05) is 5.32 Å². The number of anilines is 1. The monoisotopic (exact) mass is 338 g/mol. The maximum absolute atomic E-state index is 12.9. The van der Waals surface area contributed by atoms with Crippen LogP contribution in [0.4, 0.5) is 19.0 Å². The lowest BCUT2D eigenvalue weighted by atomic mass is 10.2. The molecule has 4 heterocycles. The first-order chi connectivity index (χ1) is 11.5. The molecular formula is C13H13F3N8. The first-order valence-electron chi connectivity index (χ1n) is 7.47. The second kappa shape index (κ2) is 5.42. The third-order valence-electron chi connectivity index (χ3n) is 3.88. The predicted octanol–water partition coefficient (Wildman–Crippen LogP) is 1.68. The summed E-state index contributed by atoms with van der Waals surface area (Å²) in [5, 5.41) is 21.8. The molecule has 0 aliphatic carbocycles. The van der Waals surface area contributed by atoms with Crippen LogP contribution in [0.5, 0.6) is 0 Å². The molecule has 0 aromatic carbocycles. The van der Waals surface area contributed by atoms with E-state index >= 15 is 0 Å². The Kier molecular flexibility index (Phi) is 3.36. The molecule has 24 heavy (non-hydrogen) atoms. The normalized spacial score (nSPS) is 14.8. The summed E-state index contributed by atoms with van der Waals surface area (Å²) in [6.07, 6.45) is -1.56. The van der Waals surface area contributed by atoms with Gasteiger partial charge in [-0.3, -0.25) is 0 Å². The van der Waals surface area contributed by atoms with Gasteiger partial charge >= 0.3 is 6.18 Å². The van der Waals surface area contributed by atoms with Gasteiger partial charge in [0.2, 0.25) is 0 Å². The molecule has 8 nitrogen and oxygen atoms in total. The fourth-order valence-corrected chi connectivity index (χ4v) is 2.73. The van der Waals surface area contributed by atoms with E-state index in [0.29, 0.717) is 11.1 Å². The summed E-state index contributed by atoms with van der Waals surface area (Å²) in [4.78, 5) is 0. The van der Waals surface area contributed by atoms with Crippen LogP contribution in [0, 0.1) is 0 Å². The SMILES string of the molecule is FC(F)(F)c1nnc2ccc(NCc3nnc4n3CCCC4)nn12. The number of fused-ring (bicyclic) bond motifs is 2. The third-order valence-corrected chi connectivity index (χ3v) is 3.88. The van der Waals surface area contributed by atoms with Crippen LogP contribution in [0.1, 0.15) is 30.3 Å². The second-order valence-electron chi connectivity index (χ2n) is 5.50. The van der Waals surface area contributed by atoms with Crippen LogP contribution in [-0.4, -0.2) is 34.6 Å². The van der Waals surface area contributed by atoms with Gasteiger partial charge in [-0.05, 0) is 25.0 Å². The lowest BCUT2D eigenvalue weighted by Crippen LogP contribution is -2.16. The minimum absolute atomic E-state index is 0.0349. The molecule has 0 bridgehead atoms. The summed E-state index contributed by atoms with van der Waals surface area (Å²) < 4.78 is 41.3. The van der Waals surface area contributed by atoms with Crippen molar-refractivity contribution in [2.45, 2.75) is 38.5 Å². The number of halogens is 3. The molecule has 0 amide bonds. The molecule has 0 radical (unpaired) electrons. The summed E-state index contributed by atoms with van der Waals surface area (Å²) in [6, 6.07) is 2.98. The number of hydrogen-bond donors (Lipinski definition) is 1. The van der Waals surface area contributed by atoms with E-state index in [2.05, 4.69) is 30.8 Å². The van der Waals surface area contributed by atoms with E-state index in [9.17, 15) is 13.2 Å². The highest BCUT2D eigenvalue weighted by atomic mass is 19.4. The average molecular weight is 338 g/mol. The number of hydrogen-bond acceptors (Lipinski definition) is 6. The molecule has 0 saturated carbocycles. The molecule has 0 unspecified atom stereocenters. The van der Waals surface area contributed by atoms with Crippen molar-refractivity contribution in [3.63, 3.8) is 0 Å². The van der Waals surface area contributed by atoms with E-state index in [1.165, 1.54) is 6.07 Å². The van der Waals surface area contributed by atoms with Crippen molar-refractivity contribution in [3.8, 4) is 0 Å².